The molecule has 6 nitrogen and oxygen atoms in total. The van der Waals surface area contributed by atoms with Gasteiger partial charge < -0.3 is 9.88 Å². The Balaban J connectivity index is 1.31. The second-order valence-corrected chi connectivity index (χ2v) is 10.6. The highest BCUT2D eigenvalue weighted by atomic mass is 32.2. The van der Waals surface area contributed by atoms with Crippen LogP contribution < -0.4 is 10.9 Å². The van der Waals surface area contributed by atoms with Crippen molar-refractivity contribution in [3.63, 3.8) is 0 Å². The maximum absolute atomic E-state index is 13.6. The van der Waals surface area contributed by atoms with Gasteiger partial charge in [0.05, 0.1) is 22.3 Å². The van der Waals surface area contributed by atoms with Gasteiger partial charge in [-0.1, -0.05) is 59.8 Å². The quantitative estimate of drug-likeness (QED) is 0.188. The van der Waals surface area contributed by atoms with Gasteiger partial charge in [0.25, 0.3) is 5.56 Å². The number of benzene rings is 4. The molecule has 0 radical (unpaired) electrons. The molecule has 2 heterocycles. The number of amides is 1. The molecule has 39 heavy (non-hydrogen) atoms. The molecule has 0 bridgehead atoms. The number of aromatic nitrogens is 3. The van der Waals surface area contributed by atoms with E-state index in [4.69, 9.17) is 4.98 Å². The lowest BCUT2D eigenvalue weighted by Crippen LogP contribution is -2.23. The van der Waals surface area contributed by atoms with Gasteiger partial charge in [-0.2, -0.15) is 0 Å². The van der Waals surface area contributed by atoms with Crippen LogP contribution in [0, 0.1) is 13.8 Å². The van der Waals surface area contributed by atoms with Crippen LogP contribution in [-0.4, -0.2) is 25.8 Å². The predicted molar refractivity (Wildman–Crippen MR) is 161 cm³/mol. The van der Waals surface area contributed by atoms with E-state index in [0.717, 1.165) is 45.3 Å². The lowest BCUT2D eigenvalue weighted by Gasteiger charge is -2.15. The summed E-state index contributed by atoms with van der Waals surface area (Å²) in [5.41, 5.74) is 6.39. The molecule has 0 fully saturated rings. The lowest BCUT2D eigenvalue weighted by molar-refractivity contribution is -0.113. The first-order valence-electron chi connectivity index (χ1n) is 13.0. The summed E-state index contributed by atoms with van der Waals surface area (Å²) in [6, 6.07) is 27.6. The highest BCUT2D eigenvalue weighted by molar-refractivity contribution is 7.99. The van der Waals surface area contributed by atoms with Crippen LogP contribution in [0.3, 0.4) is 0 Å². The van der Waals surface area contributed by atoms with Gasteiger partial charge >= 0.3 is 0 Å². The van der Waals surface area contributed by atoms with Crippen molar-refractivity contribution in [1.29, 1.82) is 0 Å². The van der Waals surface area contributed by atoms with Crippen molar-refractivity contribution in [2.24, 2.45) is 0 Å². The van der Waals surface area contributed by atoms with Crippen LogP contribution in [0.25, 0.3) is 38.4 Å². The van der Waals surface area contributed by atoms with E-state index >= 15 is 0 Å². The molecular formula is C32H28N4O2S. The number of hydrogen-bond donors (Lipinski definition) is 1. The highest BCUT2D eigenvalue weighted by Crippen LogP contribution is 2.31. The normalized spacial score (nSPS) is 11.5. The SMILES string of the molecule is CCn1c2ccccc2c2cc(NC(=O)CSc3nc4ccccc4c(=O)n3-c3ccc(C)cc3C)ccc21. The monoisotopic (exact) mass is 532 g/mol. The number of fused-ring (bicyclic) bond motifs is 4. The maximum Gasteiger partial charge on any atom is 0.266 e. The van der Waals surface area contributed by atoms with E-state index in [1.165, 1.54) is 17.3 Å². The Kier molecular flexibility index (Phi) is 6.45. The van der Waals surface area contributed by atoms with Crippen molar-refractivity contribution >= 4 is 56.1 Å². The van der Waals surface area contributed by atoms with Gasteiger partial charge in [0.2, 0.25) is 5.91 Å². The van der Waals surface area contributed by atoms with Gasteiger partial charge in [0.1, 0.15) is 0 Å². The molecule has 0 saturated heterocycles. The van der Waals surface area contributed by atoms with E-state index < -0.39 is 0 Å². The van der Waals surface area contributed by atoms with E-state index in [1.807, 2.05) is 74.5 Å². The molecular weight excluding hydrogens is 504 g/mol. The largest absolute Gasteiger partial charge is 0.341 e. The number of anilines is 1. The molecule has 0 saturated carbocycles. The standard InChI is InChI=1S/C32H28N4O2S/c1-4-35-28-12-8-6-9-23(28)25-18-22(14-16-29(25)35)33-30(37)19-39-32-34-26-11-7-5-10-24(26)31(38)36(32)27-15-13-20(2)17-21(27)3/h5-18H,4,19H2,1-3H3,(H,33,37). The molecule has 0 spiro atoms. The molecule has 2 aromatic heterocycles. The number of aryl methyl sites for hydroxylation is 3. The third kappa shape index (κ3) is 4.49. The second kappa shape index (κ2) is 10.1. The fourth-order valence-corrected chi connectivity index (χ4v) is 6.08. The van der Waals surface area contributed by atoms with Crippen molar-refractivity contribution in [2.45, 2.75) is 32.5 Å². The summed E-state index contributed by atoms with van der Waals surface area (Å²) >= 11 is 1.26. The van der Waals surface area contributed by atoms with Gasteiger partial charge in [0.15, 0.2) is 5.16 Å². The number of carbonyl (C=O) groups is 1. The zero-order valence-electron chi connectivity index (χ0n) is 22.1. The lowest BCUT2D eigenvalue weighted by atomic mass is 10.1. The van der Waals surface area contributed by atoms with E-state index in [9.17, 15) is 9.59 Å². The van der Waals surface area contributed by atoms with Gasteiger partial charge in [-0.3, -0.25) is 14.2 Å². The van der Waals surface area contributed by atoms with E-state index in [-0.39, 0.29) is 17.2 Å². The third-order valence-electron chi connectivity index (χ3n) is 7.04. The van der Waals surface area contributed by atoms with Gasteiger partial charge in [-0.15, -0.1) is 0 Å². The second-order valence-electron chi connectivity index (χ2n) is 9.67. The van der Waals surface area contributed by atoms with Crippen LogP contribution in [0.5, 0.6) is 0 Å². The van der Waals surface area contributed by atoms with Crippen LogP contribution in [0.4, 0.5) is 5.69 Å². The molecule has 6 rings (SSSR count). The molecule has 194 valence electrons. The maximum atomic E-state index is 13.6. The van der Waals surface area contributed by atoms with Crippen molar-refractivity contribution in [2.75, 3.05) is 11.1 Å². The van der Waals surface area contributed by atoms with E-state index in [2.05, 4.69) is 35.0 Å². The summed E-state index contributed by atoms with van der Waals surface area (Å²) in [6.07, 6.45) is 0. The van der Waals surface area contributed by atoms with Crippen molar-refractivity contribution in [3.05, 3.63) is 106 Å². The molecule has 7 heteroatoms. The molecule has 1 amide bonds. The highest BCUT2D eigenvalue weighted by Gasteiger charge is 2.17. The molecule has 6 aromatic rings. The minimum atomic E-state index is -0.159. The van der Waals surface area contributed by atoms with Crippen molar-refractivity contribution in [3.8, 4) is 5.69 Å². The first-order valence-corrected chi connectivity index (χ1v) is 14.0. The summed E-state index contributed by atoms with van der Waals surface area (Å²) in [4.78, 5) is 31.5. The molecule has 4 aromatic carbocycles. The molecule has 0 aliphatic carbocycles. The number of para-hydroxylation sites is 2. The molecule has 0 atom stereocenters. The number of carbonyl (C=O) groups excluding carboxylic acids is 1. The topological polar surface area (TPSA) is 68.9 Å². The zero-order chi connectivity index (χ0) is 27.1. The van der Waals surface area contributed by atoms with Crippen molar-refractivity contribution in [1.82, 2.24) is 14.1 Å². The van der Waals surface area contributed by atoms with Gasteiger partial charge in [0, 0.05) is 34.0 Å². The Morgan fingerprint density at radius 1 is 0.872 bits per heavy atom. The first kappa shape index (κ1) is 24.9. The fraction of sp³-hybridized carbons (Fsp3) is 0.156. The smallest absolute Gasteiger partial charge is 0.266 e. The Morgan fingerprint density at radius 3 is 2.41 bits per heavy atom. The fourth-order valence-electron chi connectivity index (χ4n) is 5.28. The Labute approximate surface area is 230 Å². The van der Waals surface area contributed by atoms with E-state index in [1.54, 1.807) is 10.6 Å². The van der Waals surface area contributed by atoms with Crippen LogP contribution in [0.15, 0.2) is 94.9 Å². The average Bonchev–Trinajstić information content (AvgIpc) is 3.25. The summed E-state index contributed by atoms with van der Waals surface area (Å²) in [5, 5.41) is 6.35. The Bertz CT molecular complexity index is 1950. The predicted octanol–water partition coefficient (Wildman–Crippen LogP) is 6.86. The number of rotatable bonds is 6. The molecule has 0 aliphatic heterocycles. The summed E-state index contributed by atoms with van der Waals surface area (Å²) in [7, 11) is 0. The summed E-state index contributed by atoms with van der Waals surface area (Å²) in [5.74, 6) is -0.0436. The average molecular weight is 533 g/mol. The number of nitrogens with one attached hydrogen (secondary N) is 1. The van der Waals surface area contributed by atoms with Crippen LogP contribution in [-0.2, 0) is 11.3 Å². The minimum absolute atomic E-state index is 0.116. The van der Waals surface area contributed by atoms with Crippen LogP contribution in [0.2, 0.25) is 0 Å². The van der Waals surface area contributed by atoms with E-state index in [0.29, 0.717) is 16.1 Å². The molecule has 0 aliphatic rings. The van der Waals surface area contributed by atoms with Gasteiger partial charge in [-0.05, 0) is 68.8 Å². The van der Waals surface area contributed by atoms with Crippen molar-refractivity contribution < 1.29 is 4.79 Å². The third-order valence-corrected chi connectivity index (χ3v) is 7.98. The molecule has 1 N–H and O–H groups in total. The number of nitrogens with zero attached hydrogens (tertiary/aromatic N) is 3. The Morgan fingerprint density at radius 2 is 1.62 bits per heavy atom. The van der Waals surface area contributed by atoms with Gasteiger partial charge in [-0.25, -0.2) is 4.98 Å². The Hall–Kier alpha value is -4.36. The molecule has 0 unspecified atom stereocenters. The summed E-state index contributed by atoms with van der Waals surface area (Å²) < 4.78 is 3.91. The van der Waals surface area contributed by atoms with Crippen LogP contribution in [0.1, 0.15) is 18.1 Å². The zero-order valence-corrected chi connectivity index (χ0v) is 22.9. The summed E-state index contributed by atoms with van der Waals surface area (Å²) in [6.45, 7) is 7.01. The van der Waals surface area contributed by atoms with Crippen LogP contribution >= 0.6 is 11.8 Å². The number of hydrogen-bond acceptors (Lipinski definition) is 4. The minimum Gasteiger partial charge on any atom is -0.341 e. The number of thioether (sulfide) groups is 1. The first-order chi connectivity index (χ1) is 18.9.